The molecule has 0 atom stereocenters. The molecule has 0 saturated carbocycles. The third-order valence-electron chi connectivity index (χ3n) is 4.54. The first-order valence-corrected chi connectivity index (χ1v) is 16.6. The topological polar surface area (TPSA) is 0 Å². The van der Waals surface area contributed by atoms with Crippen LogP contribution in [0.1, 0.15) is 40.5 Å². The Hall–Kier alpha value is 0.640. The molecule has 0 amide bonds. The van der Waals surface area contributed by atoms with Crippen molar-refractivity contribution < 1.29 is 20.9 Å². The predicted octanol–water partition coefficient (Wildman–Crippen LogP) is 5.68. The summed E-state index contributed by atoms with van der Waals surface area (Å²) in [6.07, 6.45) is 7.50. The van der Waals surface area contributed by atoms with Crippen LogP contribution in [0, 0.1) is 0 Å². The SMILES string of the molecule is CC1=CC[C]([Zr]([C]2=C(C)C(C)=CC2)[SiH](C)C)=C1C.Cl.Cl. The van der Waals surface area contributed by atoms with Gasteiger partial charge in [0.25, 0.3) is 0 Å². The van der Waals surface area contributed by atoms with Crippen LogP contribution < -0.4 is 0 Å². The van der Waals surface area contributed by atoms with Crippen LogP contribution in [-0.4, -0.2) is 5.92 Å². The first-order chi connectivity index (χ1) is 8.43. The minimum Gasteiger partial charge on any atom is -0.147 e. The molecular formula is C16H27Cl2SiZr. The van der Waals surface area contributed by atoms with E-state index in [1.54, 1.807) is 22.3 Å². The van der Waals surface area contributed by atoms with Gasteiger partial charge in [-0.15, -0.1) is 24.8 Å². The summed E-state index contributed by atoms with van der Waals surface area (Å²) in [6.45, 7) is 14.5. The van der Waals surface area contributed by atoms with E-state index in [9.17, 15) is 0 Å². The summed E-state index contributed by atoms with van der Waals surface area (Å²) in [5, 5.41) is 0. The number of hydrogen-bond donors (Lipinski definition) is 0. The molecule has 4 heteroatoms. The standard InChI is InChI=1S/2C7H9.C2H7Si.2ClH.Zr/c2*1-6-4-3-5-7(6)2;1-3-2;;;/h2*4H,3H2,1-2H3;3H,1-2H3;2*1H;. The van der Waals surface area contributed by atoms with E-state index in [0.717, 1.165) is 0 Å². The largest absolute Gasteiger partial charge is 0.147 e. The minimum absolute atomic E-state index is 0. The summed E-state index contributed by atoms with van der Waals surface area (Å²) >= 11 is -1.47. The number of rotatable bonds is 3. The van der Waals surface area contributed by atoms with Gasteiger partial charge in [-0.25, -0.2) is 0 Å². The Kier molecular flexibility index (Phi) is 8.59. The molecule has 0 spiro atoms. The third-order valence-corrected chi connectivity index (χ3v) is 24.4. The van der Waals surface area contributed by atoms with Crippen LogP contribution in [0.4, 0.5) is 0 Å². The zero-order valence-corrected chi connectivity index (χ0v) is 18.7. The molecule has 0 heterocycles. The fourth-order valence-corrected chi connectivity index (χ4v) is 24.2. The van der Waals surface area contributed by atoms with Crippen LogP contribution in [0.3, 0.4) is 0 Å². The van der Waals surface area contributed by atoms with Crippen LogP contribution in [0.15, 0.2) is 41.0 Å². The number of allylic oxidation sites excluding steroid dienone is 8. The summed E-state index contributed by atoms with van der Waals surface area (Å²) in [5.74, 6) is -0.509. The number of halogens is 2. The maximum atomic E-state index is 2.59. The van der Waals surface area contributed by atoms with Gasteiger partial charge in [-0.2, -0.15) is 0 Å². The Morgan fingerprint density at radius 1 is 0.800 bits per heavy atom. The van der Waals surface area contributed by atoms with Crippen LogP contribution in [0.2, 0.25) is 13.1 Å². The van der Waals surface area contributed by atoms with Gasteiger partial charge in [0, 0.05) is 0 Å². The van der Waals surface area contributed by atoms with E-state index in [4.69, 9.17) is 0 Å². The van der Waals surface area contributed by atoms with Crippen molar-refractivity contribution in [3.05, 3.63) is 41.0 Å². The molecule has 2 aliphatic carbocycles. The Labute approximate surface area is 145 Å². The first kappa shape index (κ1) is 20.6. The van der Waals surface area contributed by atoms with Gasteiger partial charge in [0.1, 0.15) is 0 Å². The smallest absolute Gasteiger partial charge is 0.147 e. The molecular weight excluding hydrogens is 382 g/mol. The van der Waals surface area contributed by atoms with Gasteiger partial charge in [0.2, 0.25) is 0 Å². The van der Waals surface area contributed by atoms with Crippen LogP contribution in [0.25, 0.3) is 0 Å². The second kappa shape index (κ2) is 8.32. The fourth-order valence-electron chi connectivity index (χ4n) is 3.10. The maximum absolute atomic E-state index is 2.59. The van der Waals surface area contributed by atoms with Crippen molar-refractivity contribution in [2.24, 2.45) is 0 Å². The summed E-state index contributed by atoms with van der Waals surface area (Å²) in [4.78, 5) is 0. The molecule has 0 bridgehead atoms. The molecule has 0 aromatic rings. The van der Waals surface area contributed by atoms with Crippen molar-refractivity contribution in [1.82, 2.24) is 0 Å². The van der Waals surface area contributed by atoms with Gasteiger partial charge in [0.05, 0.1) is 0 Å². The molecule has 20 heavy (non-hydrogen) atoms. The van der Waals surface area contributed by atoms with Gasteiger partial charge < -0.3 is 0 Å². The Balaban J connectivity index is 0.00000180. The molecule has 2 aliphatic rings. The average Bonchev–Trinajstić information content (AvgIpc) is 2.79. The van der Waals surface area contributed by atoms with Gasteiger partial charge >= 0.3 is 121 Å². The van der Waals surface area contributed by atoms with Crippen molar-refractivity contribution >= 4 is 30.7 Å². The van der Waals surface area contributed by atoms with Crippen molar-refractivity contribution in [3.63, 3.8) is 0 Å². The normalized spacial score (nSPS) is 17.9. The van der Waals surface area contributed by atoms with E-state index < -0.39 is 26.8 Å². The quantitative estimate of drug-likeness (QED) is 0.526. The molecule has 0 aromatic heterocycles. The minimum atomic E-state index is -1.47. The van der Waals surface area contributed by atoms with Gasteiger partial charge in [-0.3, -0.25) is 0 Å². The van der Waals surface area contributed by atoms with E-state index in [-0.39, 0.29) is 24.8 Å². The van der Waals surface area contributed by atoms with Gasteiger partial charge in [0.15, 0.2) is 0 Å². The second-order valence-corrected chi connectivity index (χ2v) is 25.2. The van der Waals surface area contributed by atoms with E-state index >= 15 is 0 Å². The molecule has 0 N–H and O–H groups in total. The van der Waals surface area contributed by atoms with Gasteiger partial charge in [-0.1, -0.05) is 0 Å². The second-order valence-electron chi connectivity index (χ2n) is 5.96. The van der Waals surface area contributed by atoms with Crippen molar-refractivity contribution in [2.75, 3.05) is 0 Å². The fraction of sp³-hybridized carbons (Fsp3) is 0.500. The van der Waals surface area contributed by atoms with E-state index in [1.807, 2.05) is 6.56 Å². The van der Waals surface area contributed by atoms with E-state index in [2.05, 4.69) is 52.9 Å². The Morgan fingerprint density at radius 3 is 1.35 bits per heavy atom. The van der Waals surface area contributed by atoms with Crippen molar-refractivity contribution in [1.29, 1.82) is 0 Å². The van der Waals surface area contributed by atoms with E-state index in [0.29, 0.717) is 0 Å². The third kappa shape index (κ3) is 3.88. The molecule has 0 radical (unpaired) electrons. The number of hydrogen-bond acceptors (Lipinski definition) is 0. The average molecular weight is 410 g/mol. The molecule has 0 nitrogen and oxygen atoms in total. The van der Waals surface area contributed by atoms with Crippen LogP contribution in [-0.2, 0) is 20.9 Å². The summed E-state index contributed by atoms with van der Waals surface area (Å²) < 4.78 is 3.85. The van der Waals surface area contributed by atoms with Crippen LogP contribution >= 0.6 is 24.8 Å². The molecule has 0 saturated heterocycles. The Bertz CT molecular complexity index is 457. The maximum Gasteiger partial charge on any atom is -0.147 e. The predicted molar refractivity (Wildman–Crippen MR) is 95.5 cm³/mol. The monoisotopic (exact) mass is 407 g/mol. The van der Waals surface area contributed by atoms with Crippen molar-refractivity contribution in [3.8, 4) is 0 Å². The van der Waals surface area contributed by atoms with Crippen molar-refractivity contribution in [2.45, 2.75) is 53.6 Å². The van der Waals surface area contributed by atoms with Crippen LogP contribution in [0.5, 0.6) is 0 Å². The Morgan fingerprint density at radius 2 is 1.15 bits per heavy atom. The summed E-state index contributed by atoms with van der Waals surface area (Å²) in [6, 6.07) is 0. The molecule has 0 aliphatic heterocycles. The van der Waals surface area contributed by atoms with E-state index in [1.165, 1.54) is 12.8 Å². The molecule has 0 aromatic carbocycles. The molecule has 0 fully saturated rings. The zero-order chi connectivity index (χ0) is 13.4. The molecule has 0 unspecified atom stereocenters. The molecule has 2 rings (SSSR count). The molecule has 113 valence electrons. The summed E-state index contributed by atoms with van der Waals surface area (Å²) in [5.41, 5.74) is 6.43. The zero-order valence-electron chi connectivity index (χ0n) is 13.5. The first-order valence-electron chi connectivity index (χ1n) is 7.04. The van der Waals surface area contributed by atoms with Gasteiger partial charge in [-0.05, 0) is 0 Å². The summed E-state index contributed by atoms with van der Waals surface area (Å²) in [7, 11) is 0.